The molecule has 0 radical (unpaired) electrons. The quantitative estimate of drug-likeness (QED) is 0.0290. The molecule has 0 saturated heterocycles. The van der Waals surface area contributed by atoms with Crippen molar-refractivity contribution in [2.75, 3.05) is 26.4 Å². The van der Waals surface area contributed by atoms with Gasteiger partial charge in [0.1, 0.15) is 6.61 Å². The van der Waals surface area contributed by atoms with E-state index in [1.165, 1.54) is 25.7 Å². The number of esters is 2. The zero-order valence-corrected chi connectivity index (χ0v) is 31.5. The predicted octanol–water partition coefficient (Wildman–Crippen LogP) is 10.2. The summed E-state index contributed by atoms with van der Waals surface area (Å²) in [6, 6.07) is 0. The Morgan fingerprint density at radius 3 is 1.73 bits per heavy atom. The molecule has 9 nitrogen and oxygen atoms in total. The first-order chi connectivity index (χ1) is 23.8. The van der Waals surface area contributed by atoms with Crippen molar-refractivity contribution in [2.24, 2.45) is 5.73 Å². The Kier molecular flexibility index (Phi) is 33.9. The van der Waals surface area contributed by atoms with Gasteiger partial charge in [0.25, 0.3) is 0 Å². The summed E-state index contributed by atoms with van der Waals surface area (Å²) in [7, 11) is -4.38. The van der Waals surface area contributed by atoms with Crippen molar-refractivity contribution in [2.45, 2.75) is 148 Å². The summed E-state index contributed by atoms with van der Waals surface area (Å²) >= 11 is 0. The number of allylic oxidation sites excluding steroid dienone is 10. The molecule has 0 amide bonds. The molecule has 0 aliphatic rings. The zero-order chi connectivity index (χ0) is 36.1. The number of hydrogen-bond acceptors (Lipinski definition) is 8. The maximum Gasteiger partial charge on any atom is 0.472 e. The summed E-state index contributed by atoms with van der Waals surface area (Å²) in [5.41, 5.74) is 5.32. The molecule has 3 N–H and O–H groups in total. The standard InChI is InChI=1S/C39H68NO8P/c1-3-5-7-9-11-13-15-17-18-20-21-23-25-27-29-31-38(41)45-35-37(36-47-49(43,44)46-34-33-40)48-39(42)32-30-28-26-24-22-19-16-14-12-10-8-6-4-2/h5,7,11,13-14,16-18,21,23,37H,3-4,6,8-10,12,15,19-20,22,24-36,40H2,1-2H3,(H,43,44)/t37-/m1/s1. The second-order valence-electron chi connectivity index (χ2n) is 12.1. The van der Waals surface area contributed by atoms with Crippen LogP contribution < -0.4 is 5.73 Å². The normalized spacial score (nSPS) is 14.1. The van der Waals surface area contributed by atoms with Gasteiger partial charge in [0.05, 0.1) is 13.2 Å². The number of ether oxygens (including phenoxy) is 2. The first-order valence-electron chi connectivity index (χ1n) is 18.8. The Labute approximate surface area is 298 Å². The monoisotopic (exact) mass is 709 g/mol. The van der Waals surface area contributed by atoms with Gasteiger partial charge in [-0.2, -0.15) is 0 Å². The minimum Gasteiger partial charge on any atom is -0.462 e. The largest absolute Gasteiger partial charge is 0.472 e. The van der Waals surface area contributed by atoms with Crippen LogP contribution in [0.15, 0.2) is 60.8 Å². The number of carbonyl (C=O) groups is 2. The van der Waals surface area contributed by atoms with Gasteiger partial charge in [0.15, 0.2) is 6.10 Å². The highest BCUT2D eigenvalue weighted by Gasteiger charge is 2.25. The molecule has 0 spiro atoms. The lowest BCUT2D eigenvalue weighted by Crippen LogP contribution is -2.29. The molecule has 1 unspecified atom stereocenters. The molecular formula is C39H68NO8P. The van der Waals surface area contributed by atoms with Crippen molar-refractivity contribution < 1.29 is 37.6 Å². The first-order valence-corrected chi connectivity index (χ1v) is 20.3. The van der Waals surface area contributed by atoms with Crippen LogP contribution >= 0.6 is 7.82 Å². The summed E-state index contributed by atoms with van der Waals surface area (Å²) in [6.07, 6.45) is 39.7. The minimum absolute atomic E-state index is 0.0437. The van der Waals surface area contributed by atoms with Gasteiger partial charge in [-0.1, -0.05) is 113 Å². The maximum absolute atomic E-state index is 12.5. The molecule has 0 rings (SSSR count). The van der Waals surface area contributed by atoms with Crippen molar-refractivity contribution in [3.63, 3.8) is 0 Å². The third-order valence-electron chi connectivity index (χ3n) is 7.39. The van der Waals surface area contributed by atoms with Gasteiger partial charge in [-0.05, 0) is 77.0 Å². The van der Waals surface area contributed by atoms with E-state index in [0.29, 0.717) is 12.8 Å². The first kappa shape index (κ1) is 46.7. The number of rotatable bonds is 34. The van der Waals surface area contributed by atoms with Crippen molar-refractivity contribution in [1.82, 2.24) is 0 Å². The molecule has 2 atom stereocenters. The molecule has 49 heavy (non-hydrogen) atoms. The minimum atomic E-state index is -4.38. The second kappa shape index (κ2) is 35.5. The highest BCUT2D eigenvalue weighted by atomic mass is 31.2. The van der Waals surface area contributed by atoms with Gasteiger partial charge < -0.3 is 20.1 Å². The Hall–Kier alpha value is -2.29. The lowest BCUT2D eigenvalue weighted by atomic mass is 10.1. The fraction of sp³-hybridized carbons (Fsp3) is 0.692. The van der Waals surface area contributed by atoms with E-state index in [0.717, 1.165) is 77.0 Å². The molecule has 0 fully saturated rings. The van der Waals surface area contributed by atoms with Crippen molar-refractivity contribution in [3.8, 4) is 0 Å². The van der Waals surface area contributed by atoms with Crippen LogP contribution in [0, 0.1) is 0 Å². The van der Waals surface area contributed by atoms with Gasteiger partial charge in [-0.25, -0.2) is 4.57 Å². The smallest absolute Gasteiger partial charge is 0.462 e. The SMILES string of the molecule is CCC=CCC=CCC=CCC=CCCCCC(=O)OC[C@H](COP(=O)(O)OCCN)OC(=O)CCCCCCCC=CCCCCCC. The van der Waals surface area contributed by atoms with Crippen molar-refractivity contribution >= 4 is 19.8 Å². The summed E-state index contributed by atoms with van der Waals surface area (Å²) in [6.45, 7) is 3.51. The molecule has 0 aromatic heterocycles. The molecule has 0 aliphatic heterocycles. The summed E-state index contributed by atoms with van der Waals surface area (Å²) in [5.74, 6) is -0.895. The van der Waals surface area contributed by atoms with Crippen LogP contribution in [0.3, 0.4) is 0 Å². The van der Waals surface area contributed by atoms with E-state index in [-0.39, 0.29) is 32.6 Å². The second-order valence-corrected chi connectivity index (χ2v) is 13.5. The van der Waals surface area contributed by atoms with E-state index in [9.17, 15) is 19.0 Å². The average Bonchev–Trinajstić information content (AvgIpc) is 3.08. The van der Waals surface area contributed by atoms with Gasteiger partial charge >= 0.3 is 19.8 Å². The Morgan fingerprint density at radius 1 is 0.633 bits per heavy atom. The predicted molar refractivity (Wildman–Crippen MR) is 201 cm³/mol. The number of phosphoric ester groups is 1. The lowest BCUT2D eigenvalue weighted by molar-refractivity contribution is -0.161. The van der Waals surface area contributed by atoms with E-state index in [1.807, 2.05) is 0 Å². The van der Waals surface area contributed by atoms with Crippen molar-refractivity contribution in [1.29, 1.82) is 0 Å². The summed E-state index contributed by atoms with van der Waals surface area (Å²) in [4.78, 5) is 34.7. The number of nitrogens with two attached hydrogens (primary N) is 1. The highest BCUT2D eigenvalue weighted by molar-refractivity contribution is 7.47. The Balaban J connectivity index is 4.33. The van der Waals surface area contributed by atoms with Gasteiger partial charge in [0, 0.05) is 19.4 Å². The van der Waals surface area contributed by atoms with Gasteiger partial charge in [0.2, 0.25) is 0 Å². The van der Waals surface area contributed by atoms with E-state index >= 15 is 0 Å². The Bertz CT molecular complexity index is 992. The Morgan fingerprint density at radius 2 is 1.12 bits per heavy atom. The van der Waals surface area contributed by atoms with Gasteiger partial charge in [-0.3, -0.25) is 18.6 Å². The molecule has 282 valence electrons. The topological polar surface area (TPSA) is 134 Å². The molecule has 0 aliphatic carbocycles. The number of unbranched alkanes of at least 4 members (excludes halogenated alkanes) is 11. The fourth-order valence-corrected chi connectivity index (χ4v) is 5.38. The van der Waals surface area contributed by atoms with Crippen LogP contribution in [0.5, 0.6) is 0 Å². The third kappa shape index (κ3) is 35.3. The highest BCUT2D eigenvalue weighted by Crippen LogP contribution is 2.43. The van der Waals surface area contributed by atoms with E-state index in [2.05, 4.69) is 74.6 Å². The molecule has 0 saturated carbocycles. The fourth-order valence-electron chi connectivity index (χ4n) is 4.62. The molecule has 0 aromatic rings. The van der Waals surface area contributed by atoms with E-state index in [4.69, 9.17) is 24.3 Å². The number of phosphoric acid groups is 1. The number of hydrogen-bond donors (Lipinski definition) is 2. The van der Waals surface area contributed by atoms with Crippen LogP contribution in [0.1, 0.15) is 142 Å². The lowest BCUT2D eigenvalue weighted by Gasteiger charge is -2.19. The molecule has 0 heterocycles. The van der Waals surface area contributed by atoms with Crippen LogP contribution in [0.2, 0.25) is 0 Å². The van der Waals surface area contributed by atoms with Gasteiger partial charge in [-0.15, -0.1) is 0 Å². The summed E-state index contributed by atoms with van der Waals surface area (Å²) in [5, 5.41) is 0. The average molecular weight is 710 g/mol. The molecule has 0 aromatic carbocycles. The van der Waals surface area contributed by atoms with Crippen LogP contribution in [-0.4, -0.2) is 49.3 Å². The molecule has 10 heteroatoms. The van der Waals surface area contributed by atoms with E-state index < -0.39 is 32.5 Å². The summed E-state index contributed by atoms with van der Waals surface area (Å²) < 4.78 is 32.6. The van der Waals surface area contributed by atoms with Crippen LogP contribution in [0.25, 0.3) is 0 Å². The zero-order valence-electron chi connectivity index (χ0n) is 30.7. The third-order valence-corrected chi connectivity index (χ3v) is 8.37. The number of carbonyl (C=O) groups excluding carboxylic acids is 2. The molecule has 0 bridgehead atoms. The maximum atomic E-state index is 12.5. The molecular weight excluding hydrogens is 641 g/mol. The van der Waals surface area contributed by atoms with E-state index in [1.54, 1.807) is 0 Å². The van der Waals surface area contributed by atoms with Crippen LogP contribution in [-0.2, 0) is 32.7 Å². The van der Waals surface area contributed by atoms with Crippen LogP contribution in [0.4, 0.5) is 0 Å². The van der Waals surface area contributed by atoms with Crippen molar-refractivity contribution in [3.05, 3.63) is 60.8 Å².